The summed E-state index contributed by atoms with van der Waals surface area (Å²) in [5, 5.41) is 21.5. The quantitative estimate of drug-likeness (QED) is 0.136. The summed E-state index contributed by atoms with van der Waals surface area (Å²) in [5.41, 5.74) is 2.25. The molecule has 4 aromatic carbocycles. The molecule has 0 aliphatic heterocycles. The van der Waals surface area contributed by atoms with Crippen LogP contribution in [-0.4, -0.2) is 52.5 Å². The van der Waals surface area contributed by atoms with Gasteiger partial charge in [0, 0.05) is 23.5 Å². The first-order valence-electron chi connectivity index (χ1n) is 19.1. The van der Waals surface area contributed by atoms with E-state index in [4.69, 9.17) is 14.5 Å². The third-order valence-corrected chi connectivity index (χ3v) is 9.35. The minimum absolute atomic E-state index is 0. The van der Waals surface area contributed by atoms with Crippen molar-refractivity contribution in [2.24, 2.45) is 0 Å². The minimum Gasteiger partial charge on any atom is -0.503 e. The summed E-state index contributed by atoms with van der Waals surface area (Å²) in [5.74, 6) is -1.40. The molecule has 4 heterocycles. The van der Waals surface area contributed by atoms with Crippen LogP contribution in [0.2, 0.25) is 0 Å². The lowest BCUT2D eigenvalue weighted by atomic mass is 10.1. The lowest BCUT2D eigenvalue weighted by Crippen LogP contribution is -2.24. The molecule has 0 radical (unpaired) electrons. The molecule has 0 amide bonds. The maximum absolute atomic E-state index is 14.5. The molecule has 0 atom stereocenters. The number of para-hydroxylation sites is 4. The van der Waals surface area contributed by atoms with E-state index in [2.05, 4.69) is 15.0 Å². The fraction of sp³-hybridized carbons (Fsp3) is 0.125. The predicted octanol–water partition coefficient (Wildman–Crippen LogP) is 9.33. The number of halogens is 2. The lowest BCUT2D eigenvalue weighted by Gasteiger charge is -2.13. The number of pyridine rings is 2. The summed E-state index contributed by atoms with van der Waals surface area (Å²) in [6, 6.07) is 28.0. The van der Waals surface area contributed by atoms with Crippen molar-refractivity contribution in [3.8, 4) is 34.6 Å². The molecule has 0 aliphatic carbocycles. The number of aromatic hydroxyl groups is 2. The van der Waals surface area contributed by atoms with Gasteiger partial charge in [0.1, 0.15) is 29.0 Å². The molecule has 4 aromatic heterocycles. The highest BCUT2D eigenvalue weighted by Gasteiger charge is 2.19. The first kappa shape index (κ1) is 43.6. The van der Waals surface area contributed by atoms with Crippen LogP contribution in [0.25, 0.3) is 57.5 Å². The zero-order valence-electron chi connectivity index (χ0n) is 33.2. The number of rotatable bonds is 10. The van der Waals surface area contributed by atoms with Crippen molar-refractivity contribution in [3.63, 3.8) is 0 Å². The number of fused-ring (bicyclic) bond motifs is 2. The Morgan fingerprint density at radius 1 is 0.597 bits per heavy atom. The minimum atomic E-state index is -0.903. The van der Waals surface area contributed by atoms with Crippen LogP contribution in [0.5, 0.6) is 23.3 Å². The van der Waals surface area contributed by atoms with Gasteiger partial charge in [-0.05, 0) is 105 Å². The molecule has 0 bridgehead atoms. The molecule has 14 heteroatoms. The van der Waals surface area contributed by atoms with Crippen LogP contribution >= 0.6 is 0 Å². The first-order valence-corrected chi connectivity index (χ1v) is 19.1. The number of hydrogen-bond donors (Lipinski definition) is 2. The third kappa shape index (κ3) is 8.94. The van der Waals surface area contributed by atoms with E-state index < -0.39 is 22.9 Å². The molecule has 2 N–H and O–H groups in total. The third-order valence-electron chi connectivity index (χ3n) is 9.35. The van der Waals surface area contributed by atoms with Gasteiger partial charge in [-0.1, -0.05) is 56.0 Å². The van der Waals surface area contributed by atoms with Crippen LogP contribution < -0.4 is 20.6 Å². The van der Waals surface area contributed by atoms with Crippen LogP contribution in [0.15, 0.2) is 125 Å². The monoisotopic (exact) mass is 836 g/mol. The second-order valence-corrected chi connectivity index (χ2v) is 13.3. The Morgan fingerprint density at radius 2 is 1.05 bits per heavy atom. The normalized spacial score (nSPS) is 11.1. The summed E-state index contributed by atoms with van der Waals surface area (Å²) in [6.45, 7) is 6.24. The van der Waals surface area contributed by atoms with Crippen LogP contribution in [0.1, 0.15) is 49.6 Å². The van der Waals surface area contributed by atoms with Gasteiger partial charge in [-0.15, -0.1) is 0 Å². The molecule has 12 nitrogen and oxygen atoms in total. The first-order chi connectivity index (χ1) is 29.6. The second-order valence-electron chi connectivity index (χ2n) is 13.3. The predicted molar refractivity (Wildman–Crippen MR) is 238 cm³/mol. The van der Waals surface area contributed by atoms with Gasteiger partial charge in [-0.3, -0.25) is 18.7 Å². The van der Waals surface area contributed by atoms with Crippen molar-refractivity contribution >= 4 is 46.1 Å². The molecule has 62 heavy (non-hydrogen) atoms. The highest BCUT2D eigenvalue weighted by atomic mass is 19.1. The smallest absolute Gasteiger partial charge is 0.266 e. The van der Waals surface area contributed by atoms with Gasteiger partial charge in [-0.25, -0.2) is 28.7 Å². The van der Waals surface area contributed by atoms with E-state index in [1.807, 2.05) is 56.3 Å². The molecule has 0 unspecified atom stereocenters. The molecular formula is C48H42F2N6O6. The number of ether oxygens (including phenoxy) is 2. The van der Waals surface area contributed by atoms with E-state index in [1.165, 1.54) is 36.5 Å². The zero-order chi connectivity index (χ0) is 43.0. The maximum Gasteiger partial charge on any atom is 0.266 e. The molecular weight excluding hydrogens is 795 g/mol. The Hall–Kier alpha value is -8.00. The molecule has 0 aliphatic rings. The van der Waals surface area contributed by atoms with Crippen molar-refractivity contribution in [1.29, 1.82) is 0 Å². The standard InChI is InChI=1S/C24H21N3O3.C23H17F2N3O3.CH4/c1-3-30-23-22(28)17(14-15-25-23)12-13-21-26-19-10-6-5-9-18(19)24(29)27(21)20-11-7-4-8-16(20)2;1-2-31-22-21(29)14(12-13-26-22)10-11-19-27-18-9-4-3-6-15(18)23(30)28(19)20-16(24)7-5-8-17(20)25;/h4-15,28H,3H2,1-2H3;3-13,29H,2H2,1H3;1H4/b13-12+;11-10+;. The summed E-state index contributed by atoms with van der Waals surface area (Å²) >= 11 is 0. The van der Waals surface area contributed by atoms with Crippen LogP contribution in [0, 0.1) is 18.6 Å². The maximum atomic E-state index is 14.5. The van der Waals surface area contributed by atoms with Crippen molar-refractivity contribution in [2.75, 3.05) is 13.2 Å². The molecule has 0 spiro atoms. The number of aryl methyl sites for hydroxylation is 1. The summed E-state index contributed by atoms with van der Waals surface area (Å²) in [7, 11) is 0. The Labute approximate surface area is 355 Å². The van der Waals surface area contributed by atoms with E-state index in [-0.39, 0.29) is 47.5 Å². The van der Waals surface area contributed by atoms with Gasteiger partial charge in [0.25, 0.3) is 22.9 Å². The largest absolute Gasteiger partial charge is 0.503 e. The van der Waals surface area contributed by atoms with E-state index in [1.54, 1.807) is 60.2 Å². The van der Waals surface area contributed by atoms with Crippen LogP contribution in [0.3, 0.4) is 0 Å². The Bertz CT molecular complexity index is 3070. The molecule has 8 rings (SSSR count). The Kier molecular flexibility index (Phi) is 13.6. The van der Waals surface area contributed by atoms with Gasteiger partial charge in [-0.2, -0.15) is 0 Å². The second kappa shape index (κ2) is 19.4. The lowest BCUT2D eigenvalue weighted by molar-refractivity contribution is 0.304. The number of aromatic nitrogens is 6. The van der Waals surface area contributed by atoms with Crippen molar-refractivity contribution in [2.45, 2.75) is 28.2 Å². The molecule has 314 valence electrons. The highest BCUT2D eigenvalue weighted by molar-refractivity contribution is 5.82. The summed E-state index contributed by atoms with van der Waals surface area (Å²) < 4.78 is 42.2. The SMILES string of the molecule is C.CCOc1nccc(/C=C/c2nc3ccccc3c(=O)n2-c2c(F)cccc2F)c1O.CCOc1nccc(/C=C/c2nc3ccccc3c(=O)n2-c2ccccc2C)c1O. The Morgan fingerprint density at radius 3 is 1.55 bits per heavy atom. The van der Waals surface area contributed by atoms with E-state index in [9.17, 15) is 28.6 Å². The zero-order valence-corrected chi connectivity index (χ0v) is 33.2. The fourth-order valence-corrected chi connectivity index (χ4v) is 6.47. The van der Waals surface area contributed by atoms with Crippen LogP contribution in [-0.2, 0) is 0 Å². The van der Waals surface area contributed by atoms with Crippen molar-refractivity contribution < 1.29 is 28.5 Å². The topological polar surface area (TPSA) is 154 Å². The van der Waals surface area contributed by atoms with E-state index in [0.717, 1.165) is 28.0 Å². The van der Waals surface area contributed by atoms with Gasteiger partial charge in [0.2, 0.25) is 0 Å². The van der Waals surface area contributed by atoms with Gasteiger partial charge in [0.15, 0.2) is 11.5 Å². The fourth-order valence-electron chi connectivity index (χ4n) is 6.47. The molecule has 0 saturated heterocycles. The highest BCUT2D eigenvalue weighted by Crippen LogP contribution is 2.30. The Balaban J connectivity index is 0.000000204. The van der Waals surface area contributed by atoms with E-state index in [0.29, 0.717) is 46.6 Å². The molecule has 8 aromatic rings. The average molecular weight is 837 g/mol. The summed E-state index contributed by atoms with van der Waals surface area (Å²) in [6.07, 6.45) is 9.28. The molecule has 0 fully saturated rings. The van der Waals surface area contributed by atoms with Crippen LogP contribution in [0.4, 0.5) is 8.78 Å². The van der Waals surface area contributed by atoms with Crippen molar-refractivity contribution in [3.05, 3.63) is 176 Å². The number of nitrogens with zero attached hydrogens (tertiary/aromatic N) is 6. The summed E-state index contributed by atoms with van der Waals surface area (Å²) in [4.78, 5) is 43.6. The molecule has 0 saturated carbocycles. The van der Waals surface area contributed by atoms with Crippen molar-refractivity contribution in [1.82, 2.24) is 29.1 Å². The van der Waals surface area contributed by atoms with E-state index >= 15 is 0 Å². The van der Waals surface area contributed by atoms with Gasteiger partial charge in [0.05, 0.1) is 40.7 Å². The van der Waals surface area contributed by atoms with Gasteiger partial charge >= 0.3 is 0 Å². The van der Waals surface area contributed by atoms with Gasteiger partial charge < -0.3 is 19.7 Å². The number of hydrogen-bond acceptors (Lipinski definition) is 10. The average Bonchev–Trinajstić information content (AvgIpc) is 3.26. The number of benzene rings is 4.